The third-order valence-electron chi connectivity index (χ3n) is 6.56. The molecule has 0 amide bonds. The summed E-state index contributed by atoms with van der Waals surface area (Å²) in [4.78, 5) is 0. The second kappa shape index (κ2) is 15.2. The van der Waals surface area contributed by atoms with Crippen LogP contribution in [0.3, 0.4) is 0 Å². The van der Waals surface area contributed by atoms with Gasteiger partial charge in [-0.15, -0.1) is 0 Å². The number of hydrogen-bond acceptors (Lipinski definition) is 1. The molecule has 0 aliphatic heterocycles. The van der Waals surface area contributed by atoms with Crippen molar-refractivity contribution in [2.45, 2.75) is 0 Å². The minimum absolute atomic E-state index is 0.815. The monoisotopic (exact) mass is 653 g/mol. The quantitative estimate of drug-likeness (QED) is 0.233. The molecule has 0 spiro atoms. The second-order valence-electron chi connectivity index (χ2n) is 11.5. The number of hydrogen-bond donors (Lipinski definition) is 0. The van der Waals surface area contributed by atoms with Gasteiger partial charge in [0.1, 0.15) is 0 Å². The van der Waals surface area contributed by atoms with E-state index in [0.29, 0.717) is 0 Å². The molecule has 0 fully saturated rings. The standard InChI is InChI=1S/C24H59N13P4/c1-29(2)39(30(3)4,31(5)6)26-38(25-24-22-20-19-21-23-24,27-40(32(7)8,33(9)10)34(11)12)28-41(35(13)14,36(15)16)37(17)18/h19-23H,1-18H3. The van der Waals surface area contributed by atoms with Crippen LogP contribution in [0, 0.1) is 0 Å². The van der Waals surface area contributed by atoms with Gasteiger partial charge < -0.3 is 0 Å². The Morgan fingerprint density at radius 3 is 0.780 bits per heavy atom. The third-order valence-corrected chi connectivity index (χ3v) is 22.5. The lowest BCUT2D eigenvalue weighted by Crippen LogP contribution is -2.32. The van der Waals surface area contributed by atoms with Gasteiger partial charge in [0.2, 0.25) is 0 Å². The van der Waals surface area contributed by atoms with Crippen LogP contribution in [0.2, 0.25) is 0 Å². The minimum atomic E-state index is -3.29. The Bertz CT molecular complexity index is 1000. The highest BCUT2D eigenvalue weighted by Crippen LogP contribution is 2.78. The Balaban J connectivity index is 5.11. The van der Waals surface area contributed by atoms with E-state index >= 15 is 0 Å². The fraction of sp³-hybridized carbons (Fsp3) is 0.750. The summed E-state index contributed by atoms with van der Waals surface area (Å²) < 4.78 is 43.2. The number of rotatable bonds is 13. The molecule has 0 saturated carbocycles. The summed E-state index contributed by atoms with van der Waals surface area (Å²) in [6.45, 7) is 0. The van der Waals surface area contributed by atoms with Gasteiger partial charge in [0, 0.05) is 0 Å². The maximum atomic E-state index is 5.89. The molecule has 1 aromatic carbocycles. The average Bonchev–Trinajstić information content (AvgIpc) is 2.83. The third kappa shape index (κ3) is 7.90. The summed E-state index contributed by atoms with van der Waals surface area (Å²) in [6.07, 6.45) is 0. The highest BCUT2D eigenvalue weighted by atomic mass is 31.3. The number of nitrogens with zero attached hydrogens (tertiary/aromatic N) is 13. The van der Waals surface area contributed by atoms with E-state index in [-0.39, 0.29) is 0 Å². The molecule has 0 heterocycles. The summed E-state index contributed by atoms with van der Waals surface area (Å²) in [6, 6.07) is 10.1. The Morgan fingerprint density at radius 1 is 0.366 bits per heavy atom. The molecule has 0 N–H and O–H groups in total. The van der Waals surface area contributed by atoms with Gasteiger partial charge in [0.25, 0.3) is 0 Å². The molecule has 0 unspecified atom stereocenters. The fourth-order valence-corrected chi connectivity index (χ4v) is 23.6. The predicted octanol–water partition coefficient (Wildman–Crippen LogP) is 6.16. The first-order valence-corrected chi connectivity index (χ1v) is 19.8. The van der Waals surface area contributed by atoms with Crippen LogP contribution in [0.5, 0.6) is 0 Å². The summed E-state index contributed by atoms with van der Waals surface area (Å²) in [5, 5.41) is 0. The summed E-state index contributed by atoms with van der Waals surface area (Å²) in [7, 11) is 26.8. The molecule has 13 nitrogen and oxygen atoms in total. The van der Waals surface area contributed by atoms with Crippen LogP contribution in [0.1, 0.15) is 0 Å². The molecule has 41 heavy (non-hydrogen) atoms. The molecule has 0 aliphatic carbocycles. The molecular weight excluding hydrogens is 594 g/mol. The molecule has 0 saturated heterocycles. The van der Waals surface area contributed by atoms with E-state index in [1.54, 1.807) is 0 Å². The zero-order chi connectivity index (χ0) is 32.1. The van der Waals surface area contributed by atoms with Crippen LogP contribution in [0.25, 0.3) is 0 Å². The van der Waals surface area contributed by atoms with Crippen LogP contribution < -0.4 is 0 Å². The van der Waals surface area contributed by atoms with E-state index in [4.69, 9.17) is 18.3 Å². The highest BCUT2D eigenvalue weighted by molar-refractivity contribution is 7.80. The first kappa shape index (κ1) is 38.8. The zero-order valence-corrected chi connectivity index (χ0v) is 32.6. The lowest BCUT2D eigenvalue weighted by molar-refractivity contribution is 0.472. The lowest BCUT2D eigenvalue weighted by Gasteiger charge is -2.45. The average molecular weight is 654 g/mol. The Labute approximate surface area is 252 Å². The molecule has 0 radical (unpaired) electrons. The molecular formula is C24H59N13P4. The summed E-state index contributed by atoms with van der Waals surface area (Å²) in [5.74, 6) is 0. The maximum absolute atomic E-state index is 5.89. The van der Waals surface area contributed by atoms with E-state index in [1.165, 1.54) is 0 Å². The van der Waals surface area contributed by atoms with E-state index in [0.717, 1.165) is 5.69 Å². The Hall–Kier alpha value is -0.220. The van der Waals surface area contributed by atoms with Gasteiger partial charge in [0.15, 0.2) is 22.5 Å². The Kier molecular flexibility index (Phi) is 14.4. The molecule has 0 aromatic heterocycles. The molecule has 240 valence electrons. The topological polar surface area (TPSA) is 78.6 Å². The molecule has 1 rings (SSSR count). The molecule has 0 aliphatic rings. The van der Waals surface area contributed by atoms with E-state index in [2.05, 4.69) is 169 Å². The smallest absolute Gasteiger partial charge is 0.252 e. The van der Waals surface area contributed by atoms with E-state index in [1.807, 2.05) is 30.3 Å². The van der Waals surface area contributed by atoms with Crippen molar-refractivity contribution in [1.82, 2.24) is 42.0 Å². The highest BCUT2D eigenvalue weighted by Gasteiger charge is 2.41. The lowest BCUT2D eigenvalue weighted by atomic mass is 10.3. The van der Waals surface area contributed by atoms with Crippen molar-refractivity contribution >= 4 is 35.7 Å². The van der Waals surface area contributed by atoms with Crippen molar-refractivity contribution in [3.63, 3.8) is 0 Å². The summed E-state index contributed by atoms with van der Waals surface area (Å²) in [5.41, 5.74) is 0.815. The van der Waals surface area contributed by atoms with Crippen molar-refractivity contribution in [3.8, 4) is 0 Å². The van der Waals surface area contributed by atoms with Crippen molar-refractivity contribution in [1.29, 1.82) is 0 Å². The van der Waals surface area contributed by atoms with Gasteiger partial charge in [0.05, 0.1) is 5.69 Å². The first-order valence-electron chi connectivity index (χ1n) is 13.4. The van der Waals surface area contributed by atoms with Gasteiger partial charge in [-0.1, -0.05) is 18.2 Å². The normalized spacial score (nSPS) is 14.1. The molecule has 0 bridgehead atoms. The largest absolute Gasteiger partial charge is 0.311 e. The van der Waals surface area contributed by atoms with Gasteiger partial charge in [-0.3, -0.25) is 42.0 Å². The fourth-order valence-electron chi connectivity index (χ4n) is 5.19. The molecule has 0 atom stereocenters. The Morgan fingerprint density at radius 2 is 0.585 bits per heavy atom. The van der Waals surface area contributed by atoms with Gasteiger partial charge >= 0.3 is 7.51 Å². The van der Waals surface area contributed by atoms with Crippen molar-refractivity contribution < 1.29 is 0 Å². The number of benzene rings is 1. The van der Waals surface area contributed by atoms with Crippen LogP contribution in [0.15, 0.2) is 48.6 Å². The van der Waals surface area contributed by atoms with Gasteiger partial charge in [-0.2, -0.15) is 13.5 Å². The van der Waals surface area contributed by atoms with Crippen LogP contribution in [-0.4, -0.2) is 169 Å². The van der Waals surface area contributed by atoms with Crippen LogP contribution in [0.4, 0.5) is 5.69 Å². The maximum Gasteiger partial charge on any atom is 0.311 e. The van der Waals surface area contributed by atoms with E-state index in [9.17, 15) is 0 Å². The second-order valence-corrected chi connectivity index (χ2v) is 25.3. The minimum Gasteiger partial charge on any atom is -0.252 e. The van der Waals surface area contributed by atoms with Crippen molar-refractivity contribution in [2.24, 2.45) is 18.3 Å². The predicted molar refractivity (Wildman–Crippen MR) is 187 cm³/mol. The van der Waals surface area contributed by atoms with E-state index < -0.39 is 30.0 Å². The van der Waals surface area contributed by atoms with Gasteiger partial charge in [-0.25, -0.2) is 4.74 Å². The zero-order valence-electron chi connectivity index (χ0n) is 29.0. The van der Waals surface area contributed by atoms with Crippen LogP contribution >= 0.6 is 30.0 Å². The van der Waals surface area contributed by atoms with Gasteiger partial charge in [-0.05, 0) is 139 Å². The van der Waals surface area contributed by atoms with Crippen molar-refractivity contribution in [2.75, 3.05) is 127 Å². The van der Waals surface area contributed by atoms with Crippen molar-refractivity contribution in [3.05, 3.63) is 30.3 Å². The molecule has 1 aromatic rings. The first-order chi connectivity index (χ1) is 18.7. The molecule has 17 heteroatoms. The summed E-state index contributed by atoms with van der Waals surface area (Å²) >= 11 is 0. The SMILES string of the molecule is CN(C)P(=NP(=Nc1ccccc1)(N=P(N(C)C)(N(C)C)N(C)C)N=P(N(C)C)(N(C)C)N(C)C)(N(C)C)N(C)C. The van der Waals surface area contributed by atoms with Crippen LogP contribution in [-0.2, 0) is 0 Å².